The van der Waals surface area contributed by atoms with Crippen molar-refractivity contribution in [3.63, 3.8) is 0 Å². The number of benzene rings is 1. The van der Waals surface area contributed by atoms with Gasteiger partial charge in [0, 0.05) is 6.54 Å². The minimum atomic E-state index is -0.438. The second-order valence-corrected chi connectivity index (χ2v) is 6.84. The first kappa shape index (κ1) is 19.1. The monoisotopic (exact) mass is 347 g/mol. The predicted octanol–water partition coefficient (Wildman–Crippen LogP) is 3.27. The maximum Gasteiger partial charge on any atom is 0.254 e. The number of halogens is 1. The summed E-state index contributed by atoms with van der Waals surface area (Å²) in [6, 6.07) is 6.01. The smallest absolute Gasteiger partial charge is 0.254 e. The van der Waals surface area contributed by atoms with Crippen LogP contribution in [0.5, 0.6) is 0 Å². The van der Waals surface area contributed by atoms with Gasteiger partial charge in [-0.3, -0.25) is 4.79 Å². The van der Waals surface area contributed by atoms with Crippen LogP contribution in [0.2, 0.25) is 0 Å². The van der Waals surface area contributed by atoms with E-state index in [9.17, 15) is 14.3 Å². The maximum absolute atomic E-state index is 13.1. The molecule has 2 aromatic rings. The molecule has 1 aromatic carbocycles. The molecule has 5 nitrogen and oxygen atoms in total. The van der Waals surface area contributed by atoms with Crippen LogP contribution in [0.25, 0.3) is 5.69 Å². The van der Waals surface area contributed by atoms with Crippen LogP contribution in [0.15, 0.2) is 30.5 Å². The Bertz CT molecular complexity index is 708. The summed E-state index contributed by atoms with van der Waals surface area (Å²) in [5.74, 6) is -0.310. The fourth-order valence-electron chi connectivity index (χ4n) is 2.64. The average Bonchev–Trinajstić information content (AvgIpc) is 3.00. The highest BCUT2D eigenvalue weighted by molar-refractivity contribution is 5.95. The van der Waals surface area contributed by atoms with Gasteiger partial charge in [-0.2, -0.15) is 5.10 Å². The lowest BCUT2D eigenvalue weighted by Crippen LogP contribution is -2.29. The van der Waals surface area contributed by atoms with Crippen molar-refractivity contribution in [2.24, 2.45) is 5.92 Å². The van der Waals surface area contributed by atoms with Gasteiger partial charge in [-0.15, -0.1) is 0 Å². The first-order valence-corrected chi connectivity index (χ1v) is 8.61. The summed E-state index contributed by atoms with van der Waals surface area (Å²) in [7, 11) is 0. The topological polar surface area (TPSA) is 67.2 Å². The van der Waals surface area contributed by atoms with Crippen LogP contribution in [-0.4, -0.2) is 33.4 Å². The highest BCUT2D eigenvalue weighted by Crippen LogP contribution is 2.23. The van der Waals surface area contributed by atoms with Crippen molar-refractivity contribution < 1.29 is 14.3 Å². The number of carbonyl (C=O) groups is 1. The zero-order valence-electron chi connectivity index (χ0n) is 15.2. The van der Waals surface area contributed by atoms with E-state index in [1.54, 1.807) is 16.8 Å². The fourth-order valence-corrected chi connectivity index (χ4v) is 2.64. The van der Waals surface area contributed by atoms with E-state index in [0.717, 1.165) is 5.69 Å². The van der Waals surface area contributed by atoms with Gasteiger partial charge in [0.25, 0.3) is 5.91 Å². The Balaban J connectivity index is 2.18. The molecule has 1 unspecified atom stereocenters. The van der Waals surface area contributed by atoms with Crippen molar-refractivity contribution in [3.8, 4) is 5.69 Å². The Kier molecular flexibility index (Phi) is 6.31. The van der Waals surface area contributed by atoms with Crippen molar-refractivity contribution in [1.82, 2.24) is 15.1 Å². The number of nitrogens with zero attached hydrogens (tertiary/aromatic N) is 2. The highest BCUT2D eigenvalue weighted by atomic mass is 19.1. The van der Waals surface area contributed by atoms with E-state index in [2.05, 4.69) is 10.4 Å². The second-order valence-electron chi connectivity index (χ2n) is 6.84. The van der Waals surface area contributed by atoms with Gasteiger partial charge in [0.05, 0.1) is 29.2 Å². The molecule has 0 radical (unpaired) electrons. The molecule has 136 valence electrons. The molecule has 0 bridgehead atoms. The van der Waals surface area contributed by atoms with Gasteiger partial charge < -0.3 is 10.4 Å². The highest BCUT2D eigenvalue weighted by Gasteiger charge is 2.21. The Morgan fingerprint density at radius 3 is 2.44 bits per heavy atom. The number of hydrogen-bond donors (Lipinski definition) is 2. The lowest BCUT2D eigenvalue weighted by atomic mass is 10.0. The minimum absolute atomic E-state index is 0.0644. The number of amides is 1. The van der Waals surface area contributed by atoms with Crippen molar-refractivity contribution >= 4 is 5.91 Å². The standard InChI is InChI=1S/C19H26FN3O2/c1-12(2)17(24)9-10-21-19(25)16-11-22-23(18(16)13(3)4)15-7-5-14(20)6-8-15/h5-8,11-13,17,24H,9-10H2,1-4H3,(H,21,25). The molecular weight excluding hydrogens is 321 g/mol. The van der Waals surface area contributed by atoms with Gasteiger partial charge in [-0.25, -0.2) is 9.07 Å². The molecule has 0 saturated heterocycles. The maximum atomic E-state index is 13.1. The minimum Gasteiger partial charge on any atom is -0.393 e. The lowest BCUT2D eigenvalue weighted by molar-refractivity contribution is 0.0919. The summed E-state index contributed by atoms with van der Waals surface area (Å²) < 4.78 is 14.8. The quantitative estimate of drug-likeness (QED) is 0.808. The van der Waals surface area contributed by atoms with E-state index in [-0.39, 0.29) is 23.6 Å². The summed E-state index contributed by atoms with van der Waals surface area (Å²) in [5, 5.41) is 17.0. The van der Waals surface area contributed by atoms with Crippen LogP contribution in [0.3, 0.4) is 0 Å². The molecule has 0 aliphatic carbocycles. The Morgan fingerprint density at radius 1 is 1.24 bits per heavy atom. The van der Waals surface area contributed by atoms with E-state index in [0.29, 0.717) is 24.2 Å². The third kappa shape index (κ3) is 4.66. The summed E-state index contributed by atoms with van der Waals surface area (Å²) in [5.41, 5.74) is 1.98. The molecule has 1 aromatic heterocycles. The summed E-state index contributed by atoms with van der Waals surface area (Å²) in [6.45, 7) is 8.25. The van der Waals surface area contributed by atoms with Gasteiger partial charge >= 0.3 is 0 Å². The molecule has 2 rings (SSSR count). The summed E-state index contributed by atoms with van der Waals surface area (Å²) in [4.78, 5) is 12.5. The van der Waals surface area contributed by atoms with Crippen LogP contribution in [0.1, 0.15) is 56.1 Å². The SMILES string of the molecule is CC(C)c1c(C(=O)NCCC(O)C(C)C)cnn1-c1ccc(F)cc1. The van der Waals surface area contributed by atoms with Crippen molar-refractivity contribution in [2.75, 3.05) is 6.54 Å². The van der Waals surface area contributed by atoms with E-state index in [1.165, 1.54) is 18.3 Å². The number of hydrogen-bond acceptors (Lipinski definition) is 3. The van der Waals surface area contributed by atoms with Crippen molar-refractivity contribution in [1.29, 1.82) is 0 Å². The van der Waals surface area contributed by atoms with E-state index < -0.39 is 6.10 Å². The number of aliphatic hydroxyl groups is 1. The zero-order valence-corrected chi connectivity index (χ0v) is 15.2. The molecule has 0 aliphatic heterocycles. The van der Waals surface area contributed by atoms with Crippen LogP contribution in [0.4, 0.5) is 4.39 Å². The zero-order chi connectivity index (χ0) is 18.6. The van der Waals surface area contributed by atoms with E-state index >= 15 is 0 Å². The number of rotatable bonds is 7. The molecule has 1 amide bonds. The first-order valence-electron chi connectivity index (χ1n) is 8.61. The molecule has 25 heavy (non-hydrogen) atoms. The first-order chi connectivity index (χ1) is 11.8. The Labute approximate surface area is 147 Å². The molecule has 0 fully saturated rings. The third-order valence-electron chi connectivity index (χ3n) is 4.16. The average molecular weight is 347 g/mol. The second kappa shape index (κ2) is 8.25. The number of nitrogens with one attached hydrogen (secondary N) is 1. The van der Waals surface area contributed by atoms with Crippen molar-refractivity contribution in [3.05, 3.63) is 47.5 Å². The van der Waals surface area contributed by atoms with Crippen molar-refractivity contribution in [2.45, 2.75) is 46.1 Å². The van der Waals surface area contributed by atoms with Gasteiger partial charge in [-0.1, -0.05) is 27.7 Å². The predicted molar refractivity (Wildman–Crippen MR) is 95.4 cm³/mol. The normalized spacial score (nSPS) is 12.6. The van der Waals surface area contributed by atoms with Crippen LogP contribution >= 0.6 is 0 Å². The van der Waals surface area contributed by atoms with Gasteiger partial charge in [0.2, 0.25) is 0 Å². The molecule has 1 heterocycles. The van der Waals surface area contributed by atoms with Gasteiger partial charge in [0.15, 0.2) is 0 Å². The Morgan fingerprint density at radius 2 is 1.88 bits per heavy atom. The largest absolute Gasteiger partial charge is 0.393 e. The van der Waals surface area contributed by atoms with E-state index in [4.69, 9.17) is 0 Å². The fraction of sp³-hybridized carbons (Fsp3) is 0.474. The molecule has 0 aliphatic rings. The Hall–Kier alpha value is -2.21. The number of aliphatic hydroxyl groups excluding tert-OH is 1. The van der Waals surface area contributed by atoms with Gasteiger partial charge in [0.1, 0.15) is 5.82 Å². The molecular formula is C19H26FN3O2. The summed E-state index contributed by atoms with van der Waals surface area (Å²) >= 11 is 0. The molecule has 6 heteroatoms. The molecule has 0 saturated carbocycles. The number of carbonyl (C=O) groups excluding carboxylic acids is 1. The van der Waals surface area contributed by atoms with Gasteiger partial charge in [-0.05, 0) is 42.5 Å². The number of aromatic nitrogens is 2. The lowest BCUT2D eigenvalue weighted by Gasteiger charge is -2.15. The third-order valence-corrected chi connectivity index (χ3v) is 4.16. The van der Waals surface area contributed by atoms with Crippen LogP contribution < -0.4 is 5.32 Å². The summed E-state index contributed by atoms with van der Waals surface area (Å²) in [6.07, 6.45) is 1.60. The van der Waals surface area contributed by atoms with E-state index in [1.807, 2.05) is 27.7 Å². The molecule has 2 N–H and O–H groups in total. The van der Waals surface area contributed by atoms with Crippen LogP contribution in [0, 0.1) is 11.7 Å². The van der Waals surface area contributed by atoms with Crippen LogP contribution in [-0.2, 0) is 0 Å². The molecule has 1 atom stereocenters. The molecule has 0 spiro atoms.